The van der Waals surface area contributed by atoms with E-state index in [4.69, 9.17) is 0 Å². The van der Waals surface area contributed by atoms with Crippen LogP contribution in [0.25, 0.3) is 0 Å². The van der Waals surface area contributed by atoms with Gasteiger partial charge in [0.25, 0.3) is 0 Å². The van der Waals surface area contributed by atoms with Crippen LogP contribution in [0.3, 0.4) is 0 Å². The number of ketones is 1. The number of pyridine rings is 2. The lowest BCUT2D eigenvalue weighted by Gasteiger charge is -2.11. The Morgan fingerprint density at radius 3 is 2.26 bits per heavy atom. The zero-order valence-electron chi connectivity index (χ0n) is 9.28. The zero-order valence-corrected chi connectivity index (χ0v) is 9.28. The summed E-state index contributed by atoms with van der Waals surface area (Å²) in [6.45, 7) is 0. The first-order chi connectivity index (χ1) is 8.91. The van der Waals surface area contributed by atoms with E-state index < -0.39 is 34.5 Å². The highest BCUT2D eigenvalue weighted by molar-refractivity contribution is 6.09. The molecule has 0 fully saturated rings. The lowest BCUT2D eigenvalue weighted by Crippen LogP contribution is -2.15. The zero-order chi connectivity index (χ0) is 14.0. The Bertz CT molecular complexity index is 625. The molecule has 19 heavy (non-hydrogen) atoms. The number of aromatic nitrogens is 2. The largest absolute Gasteiger partial charge is 0.417 e. The van der Waals surface area contributed by atoms with E-state index in [2.05, 4.69) is 9.97 Å². The first-order valence-corrected chi connectivity index (χ1v) is 5.06. The van der Waals surface area contributed by atoms with Gasteiger partial charge in [0.2, 0.25) is 0 Å². The SMILES string of the molecule is O=C(c1ccncc1F)c1cnccc1C(F)(F)F. The molecular weight excluding hydrogens is 264 g/mol. The van der Waals surface area contributed by atoms with Crippen LogP contribution in [0.5, 0.6) is 0 Å². The van der Waals surface area contributed by atoms with Crippen molar-refractivity contribution in [1.82, 2.24) is 9.97 Å². The molecule has 0 N–H and O–H groups in total. The summed E-state index contributed by atoms with van der Waals surface area (Å²) in [6.07, 6.45) is -1.14. The van der Waals surface area contributed by atoms with Crippen molar-refractivity contribution in [3.63, 3.8) is 0 Å². The summed E-state index contributed by atoms with van der Waals surface area (Å²) < 4.78 is 51.6. The minimum atomic E-state index is -4.71. The molecule has 98 valence electrons. The number of carbonyl (C=O) groups excluding carboxylic acids is 1. The van der Waals surface area contributed by atoms with Crippen molar-refractivity contribution < 1.29 is 22.4 Å². The summed E-state index contributed by atoms with van der Waals surface area (Å²) in [5.41, 5.74) is -2.32. The maximum atomic E-state index is 13.4. The van der Waals surface area contributed by atoms with E-state index in [1.165, 1.54) is 0 Å². The number of carbonyl (C=O) groups is 1. The van der Waals surface area contributed by atoms with Gasteiger partial charge in [-0.15, -0.1) is 0 Å². The summed E-state index contributed by atoms with van der Waals surface area (Å²) in [6, 6.07) is 1.69. The first-order valence-electron chi connectivity index (χ1n) is 5.06. The van der Waals surface area contributed by atoms with Gasteiger partial charge < -0.3 is 0 Å². The number of hydrogen-bond acceptors (Lipinski definition) is 3. The van der Waals surface area contributed by atoms with Gasteiger partial charge in [-0.3, -0.25) is 14.8 Å². The van der Waals surface area contributed by atoms with Crippen LogP contribution in [0.4, 0.5) is 17.6 Å². The maximum Gasteiger partial charge on any atom is 0.417 e. The van der Waals surface area contributed by atoms with Crippen molar-refractivity contribution in [2.75, 3.05) is 0 Å². The minimum Gasteiger partial charge on any atom is -0.288 e. The van der Waals surface area contributed by atoms with Crippen molar-refractivity contribution >= 4 is 5.78 Å². The molecule has 7 heteroatoms. The fourth-order valence-electron chi connectivity index (χ4n) is 1.53. The number of hydrogen-bond donors (Lipinski definition) is 0. The van der Waals surface area contributed by atoms with Gasteiger partial charge >= 0.3 is 6.18 Å². The Morgan fingerprint density at radius 1 is 1.00 bits per heavy atom. The molecule has 0 aromatic carbocycles. The number of halogens is 4. The third kappa shape index (κ3) is 2.59. The molecule has 0 unspecified atom stereocenters. The van der Waals surface area contributed by atoms with Crippen LogP contribution in [-0.2, 0) is 6.18 Å². The molecule has 3 nitrogen and oxygen atoms in total. The summed E-state index contributed by atoms with van der Waals surface area (Å²) in [7, 11) is 0. The smallest absolute Gasteiger partial charge is 0.288 e. The standard InChI is InChI=1S/C12H6F4N2O/c13-10-6-18-3-1-7(10)11(19)8-5-17-4-2-9(8)12(14,15)16/h1-6H. The van der Waals surface area contributed by atoms with E-state index in [1.807, 2.05) is 0 Å². The fraction of sp³-hybridized carbons (Fsp3) is 0.0833. The van der Waals surface area contributed by atoms with Gasteiger partial charge in [0.05, 0.1) is 22.9 Å². The predicted molar refractivity (Wildman–Crippen MR) is 56.9 cm³/mol. The highest BCUT2D eigenvalue weighted by atomic mass is 19.4. The monoisotopic (exact) mass is 270 g/mol. The second-order valence-corrected chi connectivity index (χ2v) is 3.60. The molecule has 0 saturated carbocycles. The first kappa shape index (κ1) is 13.1. The van der Waals surface area contributed by atoms with Crippen molar-refractivity contribution in [2.24, 2.45) is 0 Å². The second kappa shape index (κ2) is 4.75. The minimum absolute atomic E-state index is 0.478. The normalized spacial score (nSPS) is 11.4. The molecule has 0 saturated heterocycles. The summed E-state index contributed by atoms with van der Waals surface area (Å²) in [5.74, 6) is -2.06. The Balaban J connectivity index is 2.55. The van der Waals surface area contributed by atoms with Crippen molar-refractivity contribution in [3.05, 3.63) is 59.4 Å². The second-order valence-electron chi connectivity index (χ2n) is 3.60. The van der Waals surface area contributed by atoms with Gasteiger partial charge in [0.1, 0.15) is 0 Å². The van der Waals surface area contributed by atoms with Gasteiger partial charge in [-0.25, -0.2) is 4.39 Å². The van der Waals surface area contributed by atoms with Crippen LogP contribution in [0.2, 0.25) is 0 Å². The number of rotatable bonds is 2. The van der Waals surface area contributed by atoms with Crippen molar-refractivity contribution in [1.29, 1.82) is 0 Å². The van der Waals surface area contributed by atoms with Crippen LogP contribution in [0.1, 0.15) is 21.5 Å². The molecule has 0 radical (unpaired) electrons. The van der Waals surface area contributed by atoms with Gasteiger partial charge in [-0.05, 0) is 12.1 Å². The van der Waals surface area contributed by atoms with Crippen molar-refractivity contribution in [2.45, 2.75) is 6.18 Å². The molecule has 0 bridgehead atoms. The third-order valence-electron chi connectivity index (χ3n) is 2.39. The lowest BCUT2D eigenvalue weighted by molar-refractivity contribution is -0.137. The summed E-state index contributed by atoms with van der Waals surface area (Å²) >= 11 is 0. The third-order valence-corrected chi connectivity index (χ3v) is 2.39. The predicted octanol–water partition coefficient (Wildman–Crippen LogP) is 2.87. The molecule has 0 spiro atoms. The van der Waals surface area contributed by atoms with Gasteiger partial charge in [-0.2, -0.15) is 13.2 Å². The fourth-order valence-corrected chi connectivity index (χ4v) is 1.53. The molecule has 0 amide bonds. The highest BCUT2D eigenvalue weighted by Crippen LogP contribution is 2.32. The maximum absolute atomic E-state index is 13.4. The molecule has 2 aromatic heterocycles. The van der Waals surface area contributed by atoms with Gasteiger partial charge in [-0.1, -0.05) is 0 Å². The van der Waals surface area contributed by atoms with Gasteiger partial charge in [0.15, 0.2) is 11.6 Å². The molecule has 2 aromatic rings. The van der Waals surface area contributed by atoms with E-state index in [1.54, 1.807) is 0 Å². The van der Waals surface area contributed by atoms with E-state index in [9.17, 15) is 22.4 Å². The molecule has 0 aliphatic rings. The topological polar surface area (TPSA) is 42.9 Å². The Hall–Kier alpha value is -2.31. The average Bonchev–Trinajstić information content (AvgIpc) is 2.37. The van der Waals surface area contributed by atoms with E-state index in [0.717, 1.165) is 30.9 Å². The molecule has 0 aliphatic heterocycles. The summed E-state index contributed by atoms with van der Waals surface area (Å²) in [4.78, 5) is 18.8. The molecule has 2 heterocycles. The Kier molecular flexibility index (Phi) is 3.28. The number of alkyl halides is 3. The van der Waals surface area contributed by atoms with E-state index >= 15 is 0 Å². The van der Waals surface area contributed by atoms with E-state index in [-0.39, 0.29) is 0 Å². The van der Waals surface area contributed by atoms with Crippen LogP contribution in [-0.4, -0.2) is 15.8 Å². The molecule has 0 aliphatic carbocycles. The Morgan fingerprint density at radius 2 is 1.63 bits per heavy atom. The quantitative estimate of drug-likeness (QED) is 0.622. The highest BCUT2D eigenvalue weighted by Gasteiger charge is 2.35. The van der Waals surface area contributed by atoms with E-state index in [0.29, 0.717) is 6.07 Å². The molecular formula is C12H6F4N2O. The molecule has 0 atom stereocenters. The van der Waals surface area contributed by atoms with Gasteiger partial charge in [0, 0.05) is 18.6 Å². The van der Waals surface area contributed by atoms with Crippen LogP contribution in [0.15, 0.2) is 36.9 Å². The van der Waals surface area contributed by atoms with Crippen LogP contribution < -0.4 is 0 Å². The Labute approximate surface area is 104 Å². The average molecular weight is 270 g/mol. The number of nitrogens with zero attached hydrogens (tertiary/aromatic N) is 2. The van der Waals surface area contributed by atoms with Crippen LogP contribution >= 0.6 is 0 Å². The van der Waals surface area contributed by atoms with Crippen molar-refractivity contribution in [3.8, 4) is 0 Å². The lowest BCUT2D eigenvalue weighted by atomic mass is 10.0. The summed E-state index contributed by atoms with van der Waals surface area (Å²) in [5, 5.41) is 0. The van der Waals surface area contributed by atoms with Crippen LogP contribution in [0, 0.1) is 5.82 Å². The molecule has 2 rings (SSSR count).